The van der Waals surface area contributed by atoms with Crippen molar-refractivity contribution in [1.29, 1.82) is 0 Å². The van der Waals surface area contributed by atoms with Crippen molar-refractivity contribution in [3.63, 3.8) is 0 Å². The van der Waals surface area contributed by atoms with Gasteiger partial charge in [0.25, 0.3) is 0 Å². The highest BCUT2D eigenvalue weighted by Gasteiger charge is 2.29. The van der Waals surface area contributed by atoms with Gasteiger partial charge in [-0.3, -0.25) is 4.79 Å². The lowest BCUT2D eigenvalue weighted by molar-refractivity contribution is -0.127. The molecule has 1 saturated heterocycles. The lowest BCUT2D eigenvalue weighted by Crippen LogP contribution is -2.50. The van der Waals surface area contributed by atoms with Gasteiger partial charge >= 0.3 is 0 Å². The zero-order valence-corrected chi connectivity index (χ0v) is 16.9. The summed E-state index contributed by atoms with van der Waals surface area (Å²) in [5.74, 6) is 0.498. The molecule has 0 aliphatic carbocycles. The van der Waals surface area contributed by atoms with Gasteiger partial charge in [0, 0.05) is 32.3 Å². The van der Waals surface area contributed by atoms with E-state index in [0.717, 1.165) is 11.1 Å². The van der Waals surface area contributed by atoms with E-state index in [4.69, 9.17) is 4.74 Å². The van der Waals surface area contributed by atoms with E-state index in [0.29, 0.717) is 18.8 Å². The molecule has 0 radical (unpaired) electrons. The fourth-order valence-electron chi connectivity index (χ4n) is 3.09. The third-order valence-electron chi connectivity index (χ3n) is 4.71. The number of benzene rings is 2. The van der Waals surface area contributed by atoms with Crippen LogP contribution in [0.2, 0.25) is 0 Å². The second-order valence-electron chi connectivity index (χ2n) is 6.65. The van der Waals surface area contributed by atoms with Gasteiger partial charge in [-0.05, 0) is 42.8 Å². The SMILES string of the molecule is COc1ccc(S(=O)(=O)N2CCN(C(=O)/C=C/c3cccc(C)c3)CC2)cc1. The molecule has 0 saturated carbocycles. The van der Waals surface area contributed by atoms with Crippen LogP contribution in [0.4, 0.5) is 0 Å². The normalized spacial score (nSPS) is 15.7. The maximum Gasteiger partial charge on any atom is 0.246 e. The molecule has 1 amide bonds. The summed E-state index contributed by atoms with van der Waals surface area (Å²) in [5, 5.41) is 0. The van der Waals surface area contributed by atoms with E-state index in [2.05, 4.69) is 0 Å². The van der Waals surface area contributed by atoms with E-state index < -0.39 is 10.0 Å². The minimum absolute atomic E-state index is 0.108. The molecule has 1 aliphatic heterocycles. The van der Waals surface area contributed by atoms with Crippen molar-refractivity contribution in [2.45, 2.75) is 11.8 Å². The van der Waals surface area contributed by atoms with Gasteiger partial charge in [0.2, 0.25) is 15.9 Å². The van der Waals surface area contributed by atoms with Crippen molar-refractivity contribution in [1.82, 2.24) is 9.21 Å². The highest BCUT2D eigenvalue weighted by atomic mass is 32.2. The summed E-state index contributed by atoms with van der Waals surface area (Å²) >= 11 is 0. The predicted molar refractivity (Wildman–Crippen MR) is 109 cm³/mol. The molecule has 0 N–H and O–H groups in total. The molecule has 2 aromatic carbocycles. The number of carbonyl (C=O) groups is 1. The smallest absolute Gasteiger partial charge is 0.246 e. The molecule has 0 unspecified atom stereocenters. The Balaban J connectivity index is 1.60. The summed E-state index contributed by atoms with van der Waals surface area (Å²) < 4.78 is 32.0. The molecule has 6 nitrogen and oxygen atoms in total. The number of carbonyl (C=O) groups excluding carboxylic acids is 1. The van der Waals surface area contributed by atoms with Crippen molar-refractivity contribution in [3.05, 3.63) is 65.7 Å². The van der Waals surface area contributed by atoms with Crippen LogP contribution in [0.5, 0.6) is 5.75 Å². The predicted octanol–water partition coefficient (Wildman–Crippen LogP) is 2.55. The number of hydrogen-bond donors (Lipinski definition) is 0. The van der Waals surface area contributed by atoms with Crippen LogP contribution in [-0.4, -0.2) is 56.8 Å². The van der Waals surface area contributed by atoms with Crippen LogP contribution >= 0.6 is 0 Å². The minimum Gasteiger partial charge on any atom is -0.497 e. The molecule has 1 fully saturated rings. The number of methoxy groups -OCH3 is 1. The van der Waals surface area contributed by atoms with E-state index in [-0.39, 0.29) is 23.9 Å². The molecular formula is C21H24N2O4S. The molecule has 0 atom stereocenters. The second kappa shape index (κ2) is 8.58. The first-order valence-corrected chi connectivity index (χ1v) is 10.5. The van der Waals surface area contributed by atoms with Crippen LogP contribution in [0.1, 0.15) is 11.1 Å². The average Bonchev–Trinajstić information content (AvgIpc) is 2.72. The van der Waals surface area contributed by atoms with Crippen LogP contribution in [0, 0.1) is 6.92 Å². The first kappa shape index (κ1) is 20.1. The van der Waals surface area contributed by atoms with E-state index >= 15 is 0 Å². The van der Waals surface area contributed by atoms with Crippen LogP contribution in [0.25, 0.3) is 6.08 Å². The Morgan fingerprint density at radius 2 is 1.71 bits per heavy atom. The fraction of sp³-hybridized carbons (Fsp3) is 0.286. The number of nitrogens with zero attached hydrogens (tertiary/aromatic N) is 2. The number of aryl methyl sites for hydroxylation is 1. The van der Waals surface area contributed by atoms with E-state index in [1.807, 2.05) is 31.2 Å². The Labute approximate surface area is 166 Å². The molecule has 0 bridgehead atoms. The summed E-state index contributed by atoms with van der Waals surface area (Å²) in [4.78, 5) is 14.3. The van der Waals surface area contributed by atoms with Gasteiger partial charge < -0.3 is 9.64 Å². The fourth-order valence-corrected chi connectivity index (χ4v) is 4.51. The molecule has 1 aliphatic rings. The Morgan fingerprint density at radius 1 is 1.04 bits per heavy atom. The molecule has 0 aromatic heterocycles. The molecular weight excluding hydrogens is 376 g/mol. The van der Waals surface area contributed by atoms with Gasteiger partial charge in [0.1, 0.15) is 5.75 Å². The van der Waals surface area contributed by atoms with Crippen molar-refractivity contribution >= 4 is 22.0 Å². The van der Waals surface area contributed by atoms with Gasteiger partial charge in [0.05, 0.1) is 12.0 Å². The third-order valence-corrected chi connectivity index (χ3v) is 6.62. The molecule has 7 heteroatoms. The van der Waals surface area contributed by atoms with E-state index in [9.17, 15) is 13.2 Å². The third kappa shape index (κ3) is 4.61. The largest absolute Gasteiger partial charge is 0.497 e. The summed E-state index contributed by atoms with van der Waals surface area (Å²) in [6.07, 6.45) is 3.33. The molecule has 0 spiro atoms. The molecule has 3 rings (SSSR count). The maximum absolute atomic E-state index is 12.8. The highest BCUT2D eigenvalue weighted by Crippen LogP contribution is 2.20. The monoisotopic (exact) mass is 400 g/mol. The number of hydrogen-bond acceptors (Lipinski definition) is 4. The summed E-state index contributed by atoms with van der Waals surface area (Å²) in [5.41, 5.74) is 2.10. The Kier molecular flexibility index (Phi) is 6.16. The zero-order chi connectivity index (χ0) is 20.1. The van der Waals surface area contributed by atoms with Gasteiger partial charge in [-0.2, -0.15) is 4.31 Å². The van der Waals surface area contributed by atoms with Crippen molar-refractivity contribution in [3.8, 4) is 5.75 Å². The van der Waals surface area contributed by atoms with Gasteiger partial charge in [0.15, 0.2) is 0 Å². The topological polar surface area (TPSA) is 66.9 Å². The van der Waals surface area contributed by atoms with Crippen LogP contribution in [0.3, 0.4) is 0 Å². The summed E-state index contributed by atoms with van der Waals surface area (Å²) in [6.45, 7) is 3.29. The zero-order valence-electron chi connectivity index (χ0n) is 16.0. The summed E-state index contributed by atoms with van der Waals surface area (Å²) in [6, 6.07) is 14.2. The Hall–Kier alpha value is -2.64. The van der Waals surface area contributed by atoms with Gasteiger partial charge in [-0.15, -0.1) is 0 Å². The molecule has 1 heterocycles. The van der Waals surface area contributed by atoms with Gasteiger partial charge in [-0.1, -0.05) is 29.8 Å². The van der Waals surface area contributed by atoms with E-state index in [1.165, 1.54) is 23.5 Å². The average molecular weight is 401 g/mol. The number of rotatable bonds is 5. The molecule has 148 valence electrons. The van der Waals surface area contributed by atoms with Crippen molar-refractivity contribution in [2.75, 3.05) is 33.3 Å². The number of ether oxygens (including phenoxy) is 1. The minimum atomic E-state index is -3.57. The quantitative estimate of drug-likeness (QED) is 0.724. The van der Waals surface area contributed by atoms with Crippen molar-refractivity contribution < 1.29 is 17.9 Å². The van der Waals surface area contributed by atoms with Crippen molar-refractivity contribution in [2.24, 2.45) is 0 Å². The van der Waals surface area contributed by atoms with Crippen LogP contribution in [-0.2, 0) is 14.8 Å². The maximum atomic E-state index is 12.8. The first-order chi connectivity index (χ1) is 13.4. The van der Waals surface area contributed by atoms with E-state index in [1.54, 1.807) is 29.2 Å². The number of amides is 1. The molecule has 2 aromatic rings. The van der Waals surface area contributed by atoms with Crippen LogP contribution in [0.15, 0.2) is 59.5 Å². The highest BCUT2D eigenvalue weighted by molar-refractivity contribution is 7.89. The standard InChI is InChI=1S/C21H24N2O4S/c1-17-4-3-5-18(16-17)6-11-21(24)22-12-14-23(15-13-22)28(25,26)20-9-7-19(27-2)8-10-20/h3-11,16H,12-15H2,1-2H3/b11-6+. The Morgan fingerprint density at radius 3 is 2.32 bits per heavy atom. The first-order valence-electron chi connectivity index (χ1n) is 9.08. The number of sulfonamides is 1. The lowest BCUT2D eigenvalue weighted by Gasteiger charge is -2.33. The van der Waals surface area contributed by atoms with Crippen LogP contribution < -0.4 is 4.74 Å². The van der Waals surface area contributed by atoms with Gasteiger partial charge in [-0.25, -0.2) is 8.42 Å². The second-order valence-corrected chi connectivity index (χ2v) is 8.59. The Bertz CT molecular complexity index is 960. The summed E-state index contributed by atoms with van der Waals surface area (Å²) in [7, 11) is -2.04. The molecule has 28 heavy (non-hydrogen) atoms. The lowest BCUT2D eigenvalue weighted by atomic mass is 10.1. The number of piperazine rings is 1.